The van der Waals surface area contributed by atoms with E-state index in [1.54, 1.807) is 0 Å². The molecule has 1 aliphatic heterocycles. The van der Waals surface area contributed by atoms with Crippen LogP contribution in [0.3, 0.4) is 0 Å². The minimum Gasteiger partial charge on any atom is -0.468 e. The Labute approximate surface area is 110 Å². The first-order valence-corrected chi connectivity index (χ1v) is 6.52. The zero-order chi connectivity index (χ0) is 12.4. The van der Waals surface area contributed by atoms with Gasteiger partial charge in [-0.05, 0) is 31.0 Å². The third-order valence-corrected chi connectivity index (χ3v) is 3.91. The van der Waals surface area contributed by atoms with Gasteiger partial charge in [0, 0.05) is 17.1 Å². The first kappa shape index (κ1) is 12.6. The van der Waals surface area contributed by atoms with E-state index < -0.39 is 0 Å². The van der Waals surface area contributed by atoms with Crippen molar-refractivity contribution in [3.63, 3.8) is 0 Å². The molecule has 1 saturated heterocycles. The summed E-state index contributed by atoms with van der Waals surface area (Å²) in [5, 5.41) is 0. The summed E-state index contributed by atoms with van der Waals surface area (Å²) in [6, 6.07) is 8.40. The molecule has 2 unspecified atom stereocenters. The Morgan fingerprint density at radius 1 is 1.47 bits per heavy atom. The van der Waals surface area contributed by atoms with Crippen LogP contribution in [0.2, 0.25) is 0 Å². The molecule has 3 nitrogen and oxygen atoms in total. The standard InChI is InChI=1S/C13H16BrNO2/c1-9(10-3-5-11(14)6-4-10)15-8-7-12(15)13(16)17-2/h3-6,9,12H,7-8H2,1-2H3. The monoisotopic (exact) mass is 297 g/mol. The fourth-order valence-electron chi connectivity index (χ4n) is 2.19. The summed E-state index contributed by atoms with van der Waals surface area (Å²) in [4.78, 5) is 13.7. The van der Waals surface area contributed by atoms with Gasteiger partial charge < -0.3 is 4.74 Å². The predicted octanol–water partition coefficient (Wildman–Crippen LogP) is 2.76. The first-order chi connectivity index (χ1) is 8.13. The van der Waals surface area contributed by atoms with E-state index in [4.69, 9.17) is 4.74 Å². The molecule has 0 amide bonds. The molecule has 0 saturated carbocycles. The highest BCUT2D eigenvalue weighted by Crippen LogP contribution is 2.31. The number of nitrogens with zero attached hydrogens (tertiary/aromatic N) is 1. The molecule has 4 heteroatoms. The summed E-state index contributed by atoms with van der Waals surface area (Å²) in [5.41, 5.74) is 1.22. The molecule has 0 spiro atoms. The second kappa shape index (κ2) is 5.19. The summed E-state index contributed by atoms with van der Waals surface area (Å²) < 4.78 is 5.87. The number of methoxy groups -OCH3 is 1. The number of likely N-dealkylation sites (tertiary alicyclic amines) is 1. The van der Waals surface area contributed by atoms with Crippen molar-refractivity contribution in [3.8, 4) is 0 Å². The van der Waals surface area contributed by atoms with Crippen molar-refractivity contribution >= 4 is 21.9 Å². The number of carbonyl (C=O) groups excluding carboxylic acids is 1. The van der Waals surface area contributed by atoms with Crippen molar-refractivity contribution in [2.45, 2.75) is 25.4 Å². The minimum absolute atomic E-state index is 0.0707. The van der Waals surface area contributed by atoms with Crippen LogP contribution in [0.25, 0.3) is 0 Å². The van der Waals surface area contributed by atoms with Crippen LogP contribution < -0.4 is 0 Å². The Morgan fingerprint density at radius 3 is 2.59 bits per heavy atom. The van der Waals surface area contributed by atoms with Gasteiger partial charge in [-0.2, -0.15) is 0 Å². The summed E-state index contributed by atoms with van der Waals surface area (Å²) in [7, 11) is 1.45. The van der Waals surface area contributed by atoms with E-state index in [0.717, 1.165) is 17.4 Å². The topological polar surface area (TPSA) is 29.5 Å². The molecule has 0 aliphatic carbocycles. The van der Waals surface area contributed by atoms with Crippen molar-refractivity contribution in [1.82, 2.24) is 4.90 Å². The Morgan fingerprint density at radius 2 is 2.12 bits per heavy atom. The Kier molecular flexibility index (Phi) is 3.84. The normalized spacial score (nSPS) is 21.7. The van der Waals surface area contributed by atoms with E-state index in [0.29, 0.717) is 0 Å². The third-order valence-electron chi connectivity index (χ3n) is 3.38. The van der Waals surface area contributed by atoms with Crippen LogP contribution in [0, 0.1) is 0 Å². The maximum Gasteiger partial charge on any atom is 0.323 e. The zero-order valence-electron chi connectivity index (χ0n) is 10.0. The van der Waals surface area contributed by atoms with E-state index in [2.05, 4.69) is 39.9 Å². The fraction of sp³-hybridized carbons (Fsp3) is 0.462. The van der Waals surface area contributed by atoms with Crippen LogP contribution in [0.4, 0.5) is 0 Å². The second-order valence-corrected chi connectivity index (χ2v) is 5.21. The second-order valence-electron chi connectivity index (χ2n) is 4.29. The van der Waals surface area contributed by atoms with E-state index in [9.17, 15) is 4.79 Å². The molecule has 17 heavy (non-hydrogen) atoms. The average Bonchev–Trinajstić information content (AvgIpc) is 2.28. The van der Waals surface area contributed by atoms with E-state index in [-0.39, 0.29) is 18.1 Å². The zero-order valence-corrected chi connectivity index (χ0v) is 11.6. The Balaban J connectivity index is 2.07. The number of halogens is 1. The number of esters is 1. The van der Waals surface area contributed by atoms with Gasteiger partial charge in [0.25, 0.3) is 0 Å². The van der Waals surface area contributed by atoms with Crippen molar-refractivity contribution < 1.29 is 9.53 Å². The summed E-state index contributed by atoms with van der Waals surface area (Å²) in [6.07, 6.45) is 0.896. The van der Waals surface area contributed by atoms with Gasteiger partial charge in [0.1, 0.15) is 6.04 Å². The largest absolute Gasteiger partial charge is 0.468 e. The molecule has 2 rings (SSSR count). The summed E-state index contributed by atoms with van der Waals surface area (Å²) >= 11 is 3.42. The number of hydrogen-bond donors (Lipinski definition) is 0. The first-order valence-electron chi connectivity index (χ1n) is 5.72. The van der Waals surface area contributed by atoms with Gasteiger partial charge in [-0.1, -0.05) is 28.1 Å². The van der Waals surface area contributed by atoms with Gasteiger partial charge in [0.05, 0.1) is 7.11 Å². The van der Waals surface area contributed by atoms with Gasteiger partial charge >= 0.3 is 5.97 Å². The molecule has 2 atom stereocenters. The molecule has 1 fully saturated rings. The lowest BCUT2D eigenvalue weighted by Crippen LogP contribution is -2.53. The van der Waals surface area contributed by atoms with E-state index in [1.165, 1.54) is 12.7 Å². The van der Waals surface area contributed by atoms with Crippen molar-refractivity contribution in [3.05, 3.63) is 34.3 Å². The molecule has 1 aromatic carbocycles. The lowest BCUT2D eigenvalue weighted by molar-refractivity contribution is -0.153. The fourth-order valence-corrected chi connectivity index (χ4v) is 2.46. The highest BCUT2D eigenvalue weighted by atomic mass is 79.9. The molecule has 92 valence electrons. The SMILES string of the molecule is COC(=O)C1CCN1C(C)c1ccc(Br)cc1. The average molecular weight is 298 g/mol. The number of carbonyl (C=O) groups is 1. The maximum absolute atomic E-state index is 11.5. The number of benzene rings is 1. The number of hydrogen-bond acceptors (Lipinski definition) is 3. The molecule has 0 bridgehead atoms. The molecule has 1 aliphatic rings. The quantitative estimate of drug-likeness (QED) is 0.804. The van der Waals surface area contributed by atoms with Gasteiger partial charge in [-0.3, -0.25) is 9.69 Å². The van der Waals surface area contributed by atoms with Crippen molar-refractivity contribution in [2.24, 2.45) is 0 Å². The molecule has 0 radical (unpaired) electrons. The van der Waals surface area contributed by atoms with Crippen LogP contribution in [-0.2, 0) is 9.53 Å². The maximum atomic E-state index is 11.5. The van der Waals surface area contributed by atoms with E-state index in [1.807, 2.05) is 12.1 Å². The van der Waals surface area contributed by atoms with Gasteiger partial charge in [0.2, 0.25) is 0 Å². The van der Waals surface area contributed by atoms with Crippen LogP contribution in [0.15, 0.2) is 28.7 Å². The summed E-state index contributed by atoms with van der Waals surface area (Å²) in [6.45, 7) is 3.08. The predicted molar refractivity (Wildman–Crippen MR) is 69.7 cm³/mol. The minimum atomic E-state index is -0.125. The van der Waals surface area contributed by atoms with E-state index >= 15 is 0 Å². The molecular formula is C13H16BrNO2. The molecular weight excluding hydrogens is 282 g/mol. The highest BCUT2D eigenvalue weighted by molar-refractivity contribution is 9.10. The van der Waals surface area contributed by atoms with Crippen molar-refractivity contribution in [2.75, 3.05) is 13.7 Å². The third kappa shape index (κ3) is 2.53. The number of ether oxygens (including phenoxy) is 1. The van der Waals surface area contributed by atoms with Crippen molar-refractivity contribution in [1.29, 1.82) is 0 Å². The number of rotatable bonds is 3. The Hall–Kier alpha value is -0.870. The summed E-state index contributed by atoms with van der Waals surface area (Å²) in [5.74, 6) is -0.125. The van der Waals surface area contributed by atoms with Crippen LogP contribution >= 0.6 is 15.9 Å². The molecule has 0 aromatic heterocycles. The van der Waals surface area contributed by atoms with Crippen LogP contribution in [0.1, 0.15) is 24.9 Å². The molecule has 1 heterocycles. The van der Waals surface area contributed by atoms with Gasteiger partial charge in [0.15, 0.2) is 0 Å². The Bertz CT molecular complexity index is 404. The van der Waals surface area contributed by atoms with Crippen LogP contribution in [0.5, 0.6) is 0 Å². The smallest absolute Gasteiger partial charge is 0.323 e. The van der Waals surface area contributed by atoms with Gasteiger partial charge in [-0.15, -0.1) is 0 Å². The van der Waals surface area contributed by atoms with Crippen LogP contribution in [-0.4, -0.2) is 30.6 Å². The lowest BCUT2D eigenvalue weighted by Gasteiger charge is -2.43. The highest BCUT2D eigenvalue weighted by Gasteiger charge is 2.38. The molecule has 0 N–H and O–H groups in total. The lowest BCUT2D eigenvalue weighted by atomic mass is 9.96. The molecule has 1 aromatic rings. The van der Waals surface area contributed by atoms with Gasteiger partial charge in [-0.25, -0.2) is 0 Å².